The first-order valence-electron chi connectivity index (χ1n) is 8.23. The van der Waals surface area contributed by atoms with Crippen molar-refractivity contribution in [3.63, 3.8) is 0 Å². The summed E-state index contributed by atoms with van der Waals surface area (Å²) in [7, 11) is 0. The van der Waals surface area contributed by atoms with Crippen LogP contribution >= 0.6 is 0 Å². The third-order valence-electron chi connectivity index (χ3n) is 5.53. The Balaban J connectivity index is 1.55. The van der Waals surface area contributed by atoms with Crippen LogP contribution < -0.4 is 5.32 Å². The molecule has 2 saturated carbocycles. The summed E-state index contributed by atoms with van der Waals surface area (Å²) in [5.41, 5.74) is 1.90. The lowest BCUT2D eigenvalue weighted by Gasteiger charge is -2.38. The van der Waals surface area contributed by atoms with Gasteiger partial charge in [0.1, 0.15) is 0 Å². The summed E-state index contributed by atoms with van der Waals surface area (Å²) >= 11 is 0. The van der Waals surface area contributed by atoms with Gasteiger partial charge in [-0.05, 0) is 49.5 Å². The smallest absolute Gasteiger partial charge is 0.0626 e. The summed E-state index contributed by atoms with van der Waals surface area (Å²) in [5.74, 6) is 0. The zero-order valence-electron chi connectivity index (χ0n) is 12.4. The molecular weight excluding hydrogens is 246 g/mol. The molecule has 1 atom stereocenters. The predicted molar refractivity (Wildman–Crippen MR) is 82.6 cm³/mol. The van der Waals surface area contributed by atoms with Crippen LogP contribution in [0.5, 0.6) is 0 Å². The number of hydrogen-bond acceptors (Lipinski definition) is 2. The van der Waals surface area contributed by atoms with Crippen molar-refractivity contribution in [3.8, 4) is 0 Å². The molecule has 20 heavy (non-hydrogen) atoms. The normalized spacial score (nSPS) is 24.1. The molecule has 0 bridgehead atoms. The Bertz CT molecular complexity index is 401. The zero-order chi connectivity index (χ0) is 13.8. The average molecular weight is 273 g/mol. The van der Waals surface area contributed by atoms with Gasteiger partial charge in [-0.3, -0.25) is 0 Å². The summed E-state index contributed by atoms with van der Waals surface area (Å²) in [4.78, 5) is 0. The standard InChI is InChI=1S/C18H27NO/c20-14-17(15-6-2-1-3-7-15)19-16-8-12-18(13-9-16)10-4-5-11-18/h1-3,6-7,16-17,19-20H,4-5,8-14H2. The van der Waals surface area contributed by atoms with Gasteiger partial charge in [-0.1, -0.05) is 43.2 Å². The largest absolute Gasteiger partial charge is 0.394 e. The molecule has 1 aromatic carbocycles. The van der Waals surface area contributed by atoms with Crippen molar-refractivity contribution < 1.29 is 5.11 Å². The van der Waals surface area contributed by atoms with Gasteiger partial charge < -0.3 is 10.4 Å². The zero-order valence-corrected chi connectivity index (χ0v) is 12.4. The first kappa shape index (κ1) is 14.1. The molecule has 2 heteroatoms. The van der Waals surface area contributed by atoms with E-state index in [1.807, 2.05) is 18.2 Å². The van der Waals surface area contributed by atoms with E-state index in [2.05, 4.69) is 17.4 Å². The second-order valence-corrected chi connectivity index (χ2v) is 6.79. The highest BCUT2D eigenvalue weighted by Gasteiger charge is 2.37. The van der Waals surface area contributed by atoms with E-state index >= 15 is 0 Å². The van der Waals surface area contributed by atoms with Crippen LogP contribution in [0.3, 0.4) is 0 Å². The Morgan fingerprint density at radius 3 is 2.30 bits per heavy atom. The number of aliphatic hydroxyl groups excluding tert-OH is 1. The van der Waals surface area contributed by atoms with E-state index in [4.69, 9.17) is 0 Å². The molecule has 0 amide bonds. The van der Waals surface area contributed by atoms with E-state index < -0.39 is 0 Å². The lowest BCUT2D eigenvalue weighted by Crippen LogP contribution is -2.39. The van der Waals surface area contributed by atoms with Gasteiger partial charge in [0.2, 0.25) is 0 Å². The third-order valence-corrected chi connectivity index (χ3v) is 5.53. The minimum Gasteiger partial charge on any atom is -0.394 e. The van der Waals surface area contributed by atoms with E-state index in [0.29, 0.717) is 11.5 Å². The van der Waals surface area contributed by atoms with E-state index in [1.54, 1.807) is 0 Å². The predicted octanol–water partition coefficient (Wildman–Crippen LogP) is 3.81. The van der Waals surface area contributed by atoms with Crippen LogP contribution in [0.4, 0.5) is 0 Å². The second-order valence-electron chi connectivity index (χ2n) is 6.79. The van der Waals surface area contributed by atoms with Gasteiger partial charge in [-0.15, -0.1) is 0 Å². The van der Waals surface area contributed by atoms with Crippen molar-refractivity contribution in [1.82, 2.24) is 5.32 Å². The molecule has 0 aromatic heterocycles. The maximum absolute atomic E-state index is 9.65. The first-order valence-corrected chi connectivity index (χ1v) is 8.23. The van der Waals surface area contributed by atoms with Crippen LogP contribution in [0, 0.1) is 5.41 Å². The maximum atomic E-state index is 9.65. The van der Waals surface area contributed by atoms with Gasteiger partial charge in [0.25, 0.3) is 0 Å². The highest BCUT2D eigenvalue weighted by Crippen LogP contribution is 2.49. The molecular formula is C18H27NO. The number of hydrogen-bond donors (Lipinski definition) is 2. The lowest BCUT2D eigenvalue weighted by atomic mass is 9.71. The fourth-order valence-corrected chi connectivity index (χ4v) is 4.25. The molecule has 1 aromatic rings. The SMILES string of the molecule is OCC(NC1CCC2(CCCC2)CC1)c1ccccc1. The van der Waals surface area contributed by atoms with Crippen molar-refractivity contribution >= 4 is 0 Å². The molecule has 1 unspecified atom stereocenters. The number of aliphatic hydroxyl groups is 1. The molecule has 0 radical (unpaired) electrons. The molecule has 2 fully saturated rings. The summed E-state index contributed by atoms with van der Waals surface area (Å²) in [6.45, 7) is 0.186. The third kappa shape index (κ3) is 3.07. The molecule has 3 rings (SSSR count). The average Bonchev–Trinajstić information content (AvgIpc) is 2.96. The minimum absolute atomic E-state index is 0.0961. The van der Waals surface area contributed by atoms with Crippen molar-refractivity contribution in [2.45, 2.75) is 63.5 Å². The first-order chi connectivity index (χ1) is 9.81. The Labute approximate surface area is 122 Å². The highest BCUT2D eigenvalue weighted by molar-refractivity contribution is 5.19. The summed E-state index contributed by atoms with van der Waals surface area (Å²) in [6, 6.07) is 11.0. The summed E-state index contributed by atoms with van der Waals surface area (Å²) in [5, 5.41) is 13.3. The summed E-state index contributed by atoms with van der Waals surface area (Å²) < 4.78 is 0. The van der Waals surface area contributed by atoms with E-state index in [9.17, 15) is 5.11 Å². The van der Waals surface area contributed by atoms with Gasteiger partial charge >= 0.3 is 0 Å². The van der Waals surface area contributed by atoms with Crippen molar-refractivity contribution in [2.75, 3.05) is 6.61 Å². The van der Waals surface area contributed by atoms with Crippen LogP contribution in [-0.4, -0.2) is 17.8 Å². The Morgan fingerprint density at radius 1 is 1.05 bits per heavy atom. The molecule has 110 valence electrons. The van der Waals surface area contributed by atoms with Crippen LogP contribution in [0.1, 0.15) is 63.0 Å². The Hall–Kier alpha value is -0.860. The van der Waals surface area contributed by atoms with Gasteiger partial charge in [0, 0.05) is 6.04 Å². The number of rotatable bonds is 4. The molecule has 0 aliphatic heterocycles. The highest BCUT2D eigenvalue weighted by atomic mass is 16.3. The Morgan fingerprint density at radius 2 is 1.70 bits per heavy atom. The topological polar surface area (TPSA) is 32.3 Å². The molecule has 0 saturated heterocycles. The molecule has 2 N–H and O–H groups in total. The molecule has 2 nitrogen and oxygen atoms in total. The number of benzene rings is 1. The van der Waals surface area contributed by atoms with Crippen molar-refractivity contribution in [1.29, 1.82) is 0 Å². The molecule has 2 aliphatic carbocycles. The Kier molecular flexibility index (Phi) is 4.42. The quantitative estimate of drug-likeness (QED) is 0.874. The van der Waals surface area contributed by atoms with Gasteiger partial charge in [0.15, 0.2) is 0 Å². The van der Waals surface area contributed by atoms with E-state index in [-0.39, 0.29) is 12.6 Å². The van der Waals surface area contributed by atoms with Gasteiger partial charge in [0.05, 0.1) is 12.6 Å². The van der Waals surface area contributed by atoms with Gasteiger partial charge in [-0.2, -0.15) is 0 Å². The van der Waals surface area contributed by atoms with E-state index in [1.165, 1.54) is 56.9 Å². The minimum atomic E-state index is 0.0961. The molecule has 1 spiro atoms. The molecule has 2 aliphatic rings. The van der Waals surface area contributed by atoms with E-state index in [0.717, 1.165) is 0 Å². The number of nitrogens with one attached hydrogen (secondary N) is 1. The van der Waals surface area contributed by atoms with Crippen LogP contribution in [0.15, 0.2) is 30.3 Å². The lowest BCUT2D eigenvalue weighted by molar-refractivity contribution is 0.150. The monoisotopic (exact) mass is 273 g/mol. The van der Waals surface area contributed by atoms with Crippen LogP contribution in [0.25, 0.3) is 0 Å². The fraction of sp³-hybridized carbons (Fsp3) is 0.667. The second kappa shape index (κ2) is 6.28. The molecule has 0 heterocycles. The fourth-order valence-electron chi connectivity index (χ4n) is 4.25. The van der Waals surface area contributed by atoms with Crippen LogP contribution in [-0.2, 0) is 0 Å². The van der Waals surface area contributed by atoms with Crippen molar-refractivity contribution in [3.05, 3.63) is 35.9 Å². The van der Waals surface area contributed by atoms with Gasteiger partial charge in [-0.25, -0.2) is 0 Å². The van der Waals surface area contributed by atoms with Crippen LogP contribution in [0.2, 0.25) is 0 Å². The summed E-state index contributed by atoms with van der Waals surface area (Å²) in [6.07, 6.45) is 11.1. The maximum Gasteiger partial charge on any atom is 0.0626 e. The van der Waals surface area contributed by atoms with Crippen molar-refractivity contribution in [2.24, 2.45) is 5.41 Å².